The van der Waals surface area contributed by atoms with Crippen molar-refractivity contribution in [2.45, 2.75) is 18.9 Å². The monoisotopic (exact) mass is 364 g/mol. The standard InChI is InChI=1S/C18H28N4O2S/c1-2-5-19-7-9-20(10-8-19)17(23)15-22-6-3-4-16(22)18(24)21-11-13-25-14-12-21/h1,16H,3-15H2/t16-/m0/s1. The number of piperazine rings is 1. The lowest BCUT2D eigenvalue weighted by Gasteiger charge is -2.36. The Morgan fingerprint density at radius 3 is 2.40 bits per heavy atom. The molecule has 0 aromatic rings. The fourth-order valence-electron chi connectivity index (χ4n) is 3.85. The second-order valence-corrected chi connectivity index (χ2v) is 8.15. The zero-order chi connectivity index (χ0) is 17.6. The average Bonchev–Trinajstić information content (AvgIpc) is 3.10. The molecule has 6 nitrogen and oxygen atoms in total. The highest BCUT2D eigenvalue weighted by atomic mass is 32.2. The molecule has 0 spiro atoms. The molecule has 25 heavy (non-hydrogen) atoms. The number of rotatable bonds is 4. The van der Waals surface area contributed by atoms with Crippen molar-refractivity contribution >= 4 is 23.6 Å². The number of hydrogen-bond acceptors (Lipinski definition) is 5. The van der Waals surface area contributed by atoms with E-state index in [0.29, 0.717) is 13.1 Å². The Morgan fingerprint density at radius 2 is 1.72 bits per heavy atom. The van der Waals surface area contributed by atoms with Crippen LogP contribution in [-0.2, 0) is 9.59 Å². The summed E-state index contributed by atoms with van der Waals surface area (Å²) in [4.78, 5) is 33.7. The molecule has 0 N–H and O–H groups in total. The molecule has 0 aromatic carbocycles. The molecule has 3 aliphatic rings. The van der Waals surface area contributed by atoms with Crippen molar-refractivity contribution in [2.75, 3.05) is 70.4 Å². The van der Waals surface area contributed by atoms with Gasteiger partial charge in [0.05, 0.1) is 19.1 Å². The lowest BCUT2D eigenvalue weighted by molar-refractivity contribution is -0.139. The summed E-state index contributed by atoms with van der Waals surface area (Å²) in [6.07, 6.45) is 7.23. The number of carbonyl (C=O) groups excluding carboxylic acids is 2. The molecule has 7 heteroatoms. The van der Waals surface area contributed by atoms with Crippen molar-refractivity contribution in [1.29, 1.82) is 0 Å². The lowest BCUT2D eigenvalue weighted by Crippen LogP contribution is -2.53. The van der Waals surface area contributed by atoms with Crippen LogP contribution in [0.2, 0.25) is 0 Å². The maximum atomic E-state index is 12.8. The second-order valence-electron chi connectivity index (χ2n) is 6.93. The smallest absolute Gasteiger partial charge is 0.239 e. The highest BCUT2D eigenvalue weighted by molar-refractivity contribution is 7.99. The van der Waals surface area contributed by atoms with Crippen molar-refractivity contribution in [3.05, 3.63) is 0 Å². The quantitative estimate of drug-likeness (QED) is 0.647. The number of amides is 2. The van der Waals surface area contributed by atoms with Crippen molar-refractivity contribution < 1.29 is 9.59 Å². The van der Waals surface area contributed by atoms with Gasteiger partial charge in [0, 0.05) is 50.8 Å². The number of carbonyl (C=O) groups is 2. The fourth-order valence-corrected chi connectivity index (χ4v) is 4.75. The Hall–Kier alpha value is -1.23. The van der Waals surface area contributed by atoms with Crippen molar-refractivity contribution in [3.8, 4) is 12.3 Å². The van der Waals surface area contributed by atoms with E-state index in [0.717, 1.165) is 70.2 Å². The first-order valence-corrected chi connectivity index (χ1v) is 10.4. The molecule has 3 fully saturated rings. The van der Waals surface area contributed by atoms with E-state index < -0.39 is 0 Å². The maximum absolute atomic E-state index is 12.8. The third-order valence-electron chi connectivity index (χ3n) is 5.35. The van der Waals surface area contributed by atoms with Crippen LogP contribution in [0.15, 0.2) is 0 Å². The molecule has 3 aliphatic heterocycles. The Balaban J connectivity index is 1.50. The molecular weight excluding hydrogens is 336 g/mol. The summed E-state index contributed by atoms with van der Waals surface area (Å²) < 4.78 is 0. The number of nitrogens with zero attached hydrogens (tertiary/aromatic N) is 4. The third-order valence-corrected chi connectivity index (χ3v) is 6.29. The van der Waals surface area contributed by atoms with Gasteiger partial charge in [0.1, 0.15) is 0 Å². The van der Waals surface area contributed by atoms with Crippen LogP contribution in [0, 0.1) is 12.3 Å². The molecule has 0 unspecified atom stereocenters. The summed E-state index contributed by atoms with van der Waals surface area (Å²) in [6, 6.07) is -0.102. The zero-order valence-corrected chi connectivity index (χ0v) is 15.7. The maximum Gasteiger partial charge on any atom is 0.239 e. The van der Waals surface area contributed by atoms with Crippen molar-refractivity contribution in [2.24, 2.45) is 0 Å². The van der Waals surface area contributed by atoms with E-state index in [9.17, 15) is 9.59 Å². The minimum Gasteiger partial charge on any atom is -0.340 e. The number of terminal acetylenes is 1. The van der Waals surface area contributed by atoms with Crippen LogP contribution in [0.4, 0.5) is 0 Å². The van der Waals surface area contributed by atoms with E-state index in [1.807, 2.05) is 21.6 Å². The summed E-state index contributed by atoms with van der Waals surface area (Å²) in [5.74, 6) is 5.09. The summed E-state index contributed by atoms with van der Waals surface area (Å²) in [7, 11) is 0. The largest absolute Gasteiger partial charge is 0.340 e. The third kappa shape index (κ3) is 4.69. The lowest BCUT2D eigenvalue weighted by atomic mass is 10.2. The topological polar surface area (TPSA) is 47.1 Å². The van der Waals surface area contributed by atoms with Crippen molar-refractivity contribution in [1.82, 2.24) is 19.6 Å². The predicted molar refractivity (Wildman–Crippen MR) is 100 cm³/mol. The number of hydrogen-bond donors (Lipinski definition) is 0. The van der Waals surface area contributed by atoms with Gasteiger partial charge in [-0.3, -0.25) is 19.4 Å². The molecule has 0 saturated carbocycles. The minimum atomic E-state index is -0.102. The Morgan fingerprint density at radius 1 is 1.00 bits per heavy atom. The summed E-state index contributed by atoms with van der Waals surface area (Å²) >= 11 is 1.91. The van der Waals surface area contributed by atoms with Gasteiger partial charge in [-0.25, -0.2) is 0 Å². The molecule has 3 saturated heterocycles. The highest BCUT2D eigenvalue weighted by Gasteiger charge is 2.36. The Kier molecular flexibility index (Phi) is 6.63. The SMILES string of the molecule is C#CCN1CCN(C(=O)CN2CCC[C@H]2C(=O)N2CCSCC2)CC1. The van der Waals surface area contributed by atoms with E-state index in [4.69, 9.17) is 6.42 Å². The van der Waals surface area contributed by atoms with Crippen LogP contribution >= 0.6 is 11.8 Å². The fraction of sp³-hybridized carbons (Fsp3) is 0.778. The van der Waals surface area contributed by atoms with E-state index in [2.05, 4.69) is 15.7 Å². The van der Waals surface area contributed by atoms with E-state index >= 15 is 0 Å². The first kappa shape index (κ1) is 18.6. The van der Waals surface area contributed by atoms with Crippen LogP contribution in [0.1, 0.15) is 12.8 Å². The molecular formula is C18H28N4O2S. The number of likely N-dealkylation sites (tertiary alicyclic amines) is 1. The molecule has 1 atom stereocenters. The minimum absolute atomic E-state index is 0.102. The van der Waals surface area contributed by atoms with Gasteiger partial charge >= 0.3 is 0 Å². The molecule has 3 rings (SSSR count). The first-order valence-electron chi connectivity index (χ1n) is 9.23. The van der Waals surface area contributed by atoms with E-state index in [1.165, 1.54) is 0 Å². The summed E-state index contributed by atoms with van der Waals surface area (Å²) in [5, 5.41) is 0. The highest BCUT2D eigenvalue weighted by Crippen LogP contribution is 2.21. The number of thioether (sulfide) groups is 1. The van der Waals surface area contributed by atoms with Gasteiger partial charge in [0.25, 0.3) is 0 Å². The summed E-state index contributed by atoms with van der Waals surface area (Å²) in [5.41, 5.74) is 0. The van der Waals surface area contributed by atoms with Gasteiger partial charge < -0.3 is 9.80 Å². The molecule has 0 bridgehead atoms. The first-order chi connectivity index (χ1) is 12.2. The summed E-state index contributed by atoms with van der Waals surface area (Å²) in [6.45, 7) is 6.70. The predicted octanol–water partition coefficient (Wildman–Crippen LogP) is -0.196. The average molecular weight is 365 g/mol. The van der Waals surface area contributed by atoms with Gasteiger partial charge in [-0.15, -0.1) is 6.42 Å². The Bertz CT molecular complexity index is 522. The second kappa shape index (κ2) is 8.93. The van der Waals surface area contributed by atoms with Gasteiger partial charge in [0.15, 0.2) is 0 Å². The van der Waals surface area contributed by atoms with Crippen LogP contribution < -0.4 is 0 Å². The Labute approximate surface area is 154 Å². The van der Waals surface area contributed by atoms with Gasteiger partial charge in [-0.05, 0) is 19.4 Å². The van der Waals surface area contributed by atoms with Crippen LogP contribution in [0.5, 0.6) is 0 Å². The molecule has 2 amide bonds. The van der Waals surface area contributed by atoms with E-state index in [-0.39, 0.29) is 17.9 Å². The molecule has 0 radical (unpaired) electrons. The van der Waals surface area contributed by atoms with Crippen LogP contribution in [0.25, 0.3) is 0 Å². The van der Waals surface area contributed by atoms with Crippen LogP contribution in [-0.4, -0.2) is 108 Å². The molecule has 0 aromatic heterocycles. The van der Waals surface area contributed by atoms with E-state index in [1.54, 1.807) is 0 Å². The normalized spacial score (nSPS) is 25.8. The van der Waals surface area contributed by atoms with Gasteiger partial charge in [0.2, 0.25) is 11.8 Å². The van der Waals surface area contributed by atoms with Crippen LogP contribution in [0.3, 0.4) is 0 Å². The zero-order valence-electron chi connectivity index (χ0n) is 14.9. The van der Waals surface area contributed by atoms with Gasteiger partial charge in [-0.2, -0.15) is 11.8 Å². The van der Waals surface area contributed by atoms with Crippen molar-refractivity contribution in [3.63, 3.8) is 0 Å². The van der Waals surface area contributed by atoms with Gasteiger partial charge in [-0.1, -0.05) is 5.92 Å². The molecule has 0 aliphatic carbocycles. The molecule has 3 heterocycles. The molecule has 138 valence electrons.